The first-order chi connectivity index (χ1) is 6.35. The molecule has 14 heavy (non-hydrogen) atoms. The van der Waals surface area contributed by atoms with Crippen molar-refractivity contribution in [1.29, 1.82) is 0 Å². The van der Waals surface area contributed by atoms with Crippen molar-refractivity contribution in [3.63, 3.8) is 0 Å². The molecule has 0 N–H and O–H groups in total. The van der Waals surface area contributed by atoms with E-state index >= 15 is 0 Å². The smallest absolute Gasteiger partial charge is 0.357 e. The lowest BCUT2D eigenvalue weighted by Crippen LogP contribution is -2.31. The van der Waals surface area contributed by atoms with Gasteiger partial charge in [0.15, 0.2) is 5.60 Å². The summed E-state index contributed by atoms with van der Waals surface area (Å²) in [6.45, 7) is 4.23. The van der Waals surface area contributed by atoms with Gasteiger partial charge in [-0.2, -0.15) is 0 Å². The average molecular weight is 221 g/mol. The van der Waals surface area contributed by atoms with Crippen LogP contribution in [0.2, 0.25) is 0 Å². The number of halogens is 1. The maximum absolute atomic E-state index is 11.3. The van der Waals surface area contributed by atoms with Crippen molar-refractivity contribution < 1.29 is 19.0 Å². The van der Waals surface area contributed by atoms with Gasteiger partial charge in [-0.05, 0) is 13.8 Å². The Morgan fingerprint density at radius 1 is 1.50 bits per heavy atom. The third-order valence-electron chi connectivity index (χ3n) is 2.74. The van der Waals surface area contributed by atoms with Gasteiger partial charge in [-0.1, -0.05) is 11.6 Å². The Bertz CT molecular complexity index is 291. The van der Waals surface area contributed by atoms with E-state index < -0.39 is 16.6 Å². The van der Waals surface area contributed by atoms with Crippen LogP contribution in [0.15, 0.2) is 0 Å². The number of carbonyl (C=O) groups excluding carboxylic acids is 1. The predicted octanol–water partition coefficient (Wildman–Crippen LogP) is 1.06. The lowest BCUT2D eigenvalue weighted by Gasteiger charge is -2.14. The topological polar surface area (TPSA) is 48.1 Å². The van der Waals surface area contributed by atoms with Crippen LogP contribution in [0.1, 0.15) is 20.3 Å². The third-order valence-corrected chi connectivity index (χ3v) is 3.31. The molecule has 0 aliphatic carbocycles. The van der Waals surface area contributed by atoms with Gasteiger partial charge in [-0.3, -0.25) is 0 Å². The number of epoxide rings is 1. The Kier molecular flexibility index (Phi) is 1.91. The van der Waals surface area contributed by atoms with E-state index in [1.54, 1.807) is 0 Å². The highest BCUT2D eigenvalue weighted by atomic mass is 35.5. The van der Waals surface area contributed by atoms with Gasteiger partial charge in [-0.15, -0.1) is 0 Å². The Hall–Kier alpha value is -0.320. The minimum Gasteiger partial charge on any atom is -0.466 e. The van der Waals surface area contributed by atoms with E-state index in [2.05, 4.69) is 4.74 Å². The number of carbonyl (C=O) groups is 1. The third kappa shape index (κ3) is 1.17. The summed E-state index contributed by atoms with van der Waals surface area (Å²) in [7, 11) is 1.29. The average Bonchev–Trinajstić information content (AvgIpc) is 2.53. The molecule has 2 unspecified atom stereocenters. The highest BCUT2D eigenvalue weighted by Gasteiger charge is 2.78. The largest absolute Gasteiger partial charge is 0.466 e. The van der Waals surface area contributed by atoms with Gasteiger partial charge in [0, 0.05) is 6.42 Å². The first-order valence-electron chi connectivity index (χ1n) is 4.47. The Morgan fingerprint density at radius 2 is 2.14 bits per heavy atom. The molecule has 0 radical (unpaired) electrons. The lowest BCUT2D eigenvalue weighted by atomic mass is 9.94. The van der Waals surface area contributed by atoms with E-state index in [1.165, 1.54) is 7.11 Å². The molecule has 4 nitrogen and oxygen atoms in total. The fraction of sp³-hybridized carbons (Fsp3) is 0.889. The van der Waals surface area contributed by atoms with Crippen LogP contribution in [-0.4, -0.2) is 35.9 Å². The number of hydrogen-bond donors (Lipinski definition) is 0. The molecule has 2 rings (SSSR count). The van der Waals surface area contributed by atoms with Crippen LogP contribution in [0.4, 0.5) is 0 Å². The summed E-state index contributed by atoms with van der Waals surface area (Å²) >= 11 is 6.01. The molecule has 0 aromatic carbocycles. The number of alkyl halides is 1. The van der Waals surface area contributed by atoms with Crippen LogP contribution in [0.25, 0.3) is 0 Å². The second-order valence-corrected chi connectivity index (χ2v) is 4.94. The van der Waals surface area contributed by atoms with Crippen LogP contribution in [0, 0.1) is 0 Å². The van der Waals surface area contributed by atoms with Crippen molar-refractivity contribution in [1.82, 2.24) is 0 Å². The molecule has 0 aromatic heterocycles. The monoisotopic (exact) mass is 220 g/mol. The quantitative estimate of drug-likeness (QED) is 0.377. The van der Waals surface area contributed by atoms with Crippen molar-refractivity contribution in [2.75, 3.05) is 13.7 Å². The molecule has 0 amide bonds. The van der Waals surface area contributed by atoms with Crippen LogP contribution in [0.3, 0.4) is 0 Å². The highest BCUT2D eigenvalue weighted by molar-refractivity contribution is 6.36. The van der Waals surface area contributed by atoms with E-state index in [0.717, 1.165) is 0 Å². The molecule has 2 fully saturated rings. The van der Waals surface area contributed by atoms with Gasteiger partial charge in [0.2, 0.25) is 0 Å². The zero-order chi connectivity index (χ0) is 10.6. The molecular weight excluding hydrogens is 208 g/mol. The number of methoxy groups -OCH3 is 1. The fourth-order valence-corrected chi connectivity index (χ4v) is 2.32. The standard InChI is InChI=1S/C9H13ClO4/c1-7(2)4-8(5-13-7)9(10,14-8)6(11)12-3/h4-5H2,1-3H3. The van der Waals surface area contributed by atoms with E-state index in [1.807, 2.05) is 13.8 Å². The summed E-state index contributed by atoms with van der Waals surface area (Å²) in [6, 6.07) is 0. The lowest BCUT2D eigenvalue weighted by molar-refractivity contribution is -0.143. The number of ether oxygens (including phenoxy) is 3. The van der Waals surface area contributed by atoms with E-state index in [-0.39, 0.29) is 5.60 Å². The zero-order valence-corrected chi connectivity index (χ0v) is 9.18. The normalized spacial score (nSPS) is 44.0. The first kappa shape index (κ1) is 10.2. The molecule has 2 aliphatic heterocycles. The minimum absolute atomic E-state index is 0.287. The second kappa shape index (κ2) is 2.62. The second-order valence-electron chi connectivity index (χ2n) is 4.41. The maximum atomic E-state index is 11.3. The summed E-state index contributed by atoms with van der Waals surface area (Å²) in [5.41, 5.74) is -0.962. The molecular formula is C9H13ClO4. The van der Waals surface area contributed by atoms with Crippen LogP contribution >= 0.6 is 11.6 Å². The van der Waals surface area contributed by atoms with Gasteiger partial charge in [0.25, 0.3) is 5.06 Å². The summed E-state index contributed by atoms with van der Waals surface area (Å²) in [6.07, 6.45) is 0.610. The zero-order valence-electron chi connectivity index (χ0n) is 8.43. The SMILES string of the molecule is COC(=O)C1(Cl)OC12COC(C)(C)C2. The molecule has 1 spiro atoms. The summed E-state index contributed by atoms with van der Waals surface area (Å²) < 4.78 is 15.4. The number of hydrogen-bond acceptors (Lipinski definition) is 4. The maximum Gasteiger partial charge on any atom is 0.357 e. The molecule has 80 valence electrons. The van der Waals surface area contributed by atoms with Crippen LogP contribution in [-0.2, 0) is 19.0 Å². The molecule has 2 aliphatic rings. The molecule has 2 heterocycles. The Balaban J connectivity index is 2.14. The Labute approximate surface area is 87.5 Å². The van der Waals surface area contributed by atoms with Crippen molar-refractivity contribution in [2.45, 2.75) is 36.5 Å². The van der Waals surface area contributed by atoms with Crippen molar-refractivity contribution in [3.8, 4) is 0 Å². The van der Waals surface area contributed by atoms with E-state index in [9.17, 15) is 4.79 Å². The van der Waals surface area contributed by atoms with Gasteiger partial charge in [0.05, 0.1) is 19.3 Å². The molecule has 0 saturated carbocycles. The minimum atomic E-state index is -1.32. The van der Waals surface area contributed by atoms with Gasteiger partial charge in [0.1, 0.15) is 0 Å². The van der Waals surface area contributed by atoms with Crippen LogP contribution < -0.4 is 0 Å². The summed E-state index contributed by atoms with van der Waals surface area (Å²) in [5, 5.41) is -1.32. The van der Waals surface area contributed by atoms with E-state index in [0.29, 0.717) is 13.0 Å². The van der Waals surface area contributed by atoms with Crippen LogP contribution in [0.5, 0.6) is 0 Å². The Morgan fingerprint density at radius 3 is 2.57 bits per heavy atom. The summed E-state index contributed by atoms with van der Waals surface area (Å²) in [5.74, 6) is -0.541. The van der Waals surface area contributed by atoms with Gasteiger partial charge >= 0.3 is 5.97 Å². The highest BCUT2D eigenvalue weighted by Crippen LogP contribution is 2.59. The van der Waals surface area contributed by atoms with Gasteiger partial charge in [-0.25, -0.2) is 4.79 Å². The van der Waals surface area contributed by atoms with Gasteiger partial charge < -0.3 is 14.2 Å². The molecule has 0 aromatic rings. The number of rotatable bonds is 1. The van der Waals surface area contributed by atoms with Crippen molar-refractivity contribution in [3.05, 3.63) is 0 Å². The molecule has 0 bridgehead atoms. The molecule has 5 heteroatoms. The van der Waals surface area contributed by atoms with Crippen molar-refractivity contribution >= 4 is 17.6 Å². The predicted molar refractivity (Wildman–Crippen MR) is 49.1 cm³/mol. The van der Waals surface area contributed by atoms with E-state index in [4.69, 9.17) is 21.1 Å². The molecule has 2 saturated heterocycles. The number of esters is 1. The fourth-order valence-electron chi connectivity index (χ4n) is 1.98. The van der Waals surface area contributed by atoms with Crippen molar-refractivity contribution in [2.24, 2.45) is 0 Å². The first-order valence-corrected chi connectivity index (χ1v) is 4.85. The summed E-state index contributed by atoms with van der Waals surface area (Å²) in [4.78, 5) is 11.3. The molecule has 2 atom stereocenters.